The van der Waals surface area contributed by atoms with E-state index >= 15 is 0 Å². The second-order valence-corrected chi connectivity index (χ2v) is 8.96. The number of fused-ring (bicyclic) bond motifs is 2. The lowest BCUT2D eigenvalue weighted by Crippen LogP contribution is -2.28. The Labute approximate surface area is 178 Å². The molecular formula is C24H22FN3OS. The van der Waals surface area contributed by atoms with Gasteiger partial charge in [0.1, 0.15) is 5.82 Å². The molecule has 5 rings (SSSR count). The number of thiophene rings is 1. The summed E-state index contributed by atoms with van der Waals surface area (Å²) in [6.45, 7) is 1.56. The van der Waals surface area contributed by atoms with E-state index in [9.17, 15) is 9.18 Å². The zero-order chi connectivity index (χ0) is 20.7. The third kappa shape index (κ3) is 3.52. The average Bonchev–Trinajstić information content (AvgIpc) is 3.31. The first-order valence-corrected chi connectivity index (χ1v) is 11.0. The largest absolute Gasteiger partial charge is 0.349 e. The molecule has 2 aromatic carbocycles. The standard InChI is InChI=1S/C24H22FN3OS/c1-15(29)27-21-8-4-9-22-20(21)14-26-28(22)23-10-3-6-17-13-19(30-24(17)23)12-16-5-2-7-18(25)11-16/h2-3,5-7,10-11,13-14,21H,4,8-9,12H2,1H3,(H,27,29). The van der Waals surface area contributed by atoms with Crippen LogP contribution >= 0.6 is 11.3 Å². The van der Waals surface area contributed by atoms with E-state index in [1.807, 2.05) is 16.9 Å². The summed E-state index contributed by atoms with van der Waals surface area (Å²) in [5.41, 5.74) is 4.32. The molecule has 4 nitrogen and oxygen atoms in total. The Morgan fingerprint density at radius 1 is 1.27 bits per heavy atom. The molecule has 0 fully saturated rings. The highest BCUT2D eigenvalue weighted by atomic mass is 32.1. The van der Waals surface area contributed by atoms with E-state index in [0.717, 1.165) is 36.1 Å². The van der Waals surface area contributed by atoms with Gasteiger partial charge in [-0.05, 0) is 54.5 Å². The number of nitrogens with one attached hydrogen (secondary N) is 1. The average molecular weight is 420 g/mol. The number of rotatable bonds is 4. The van der Waals surface area contributed by atoms with Gasteiger partial charge in [-0.1, -0.05) is 24.3 Å². The minimum absolute atomic E-state index is 0.0112. The normalized spacial score (nSPS) is 15.9. The molecule has 152 valence electrons. The van der Waals surface area contributed by atoms with Crippen molar-refractivity contribution in [2.75, 3.05) is 0 Å². The molecule has 2 aromatic heterocycles. The van der Waals surface area contributed by atoms with Crippen molar-refractivity contribution >= 4 is 27.3 Å². The van der Waals surface area contributed by atoms with Crippen molar-refractivity contribution in [2.24, 2.45) is 0 Å². The monoisotopic (exact) mass is 419 g/mol. The molecule has 1 unspecified atom stereocenters. The minimum atomic E-state index is -0.203. The fourth-order valence-corrected chi connectivity index (χ4v) is 5.55. The molecule has 0 radical (unpaired) electrons. The predicted octanol–water partition coefficient (Wildman–Crippen LogP) is 5.33. The minimum Gasteiger partial charge on any atom is -0.349 e. The van der Waals surface area contributed by atoms with Gasteiger partial charge in [-0.2, -0.15) is 5.10 Å². The summed E-state index contributed by atoms with van der Waals surface area (Å²) in [7, 11) is 0. The van der Waals surface area contributed by atoms with Crippen LogP contribution in [0.3, 0.4) is 0 Å². The Morgan fingerprint density at radius 3 is 2.97 bits per heavy atom. The summed E-state index contributed by atoms with van der Waals surface area (Å²) in [6.07, 6.45) is 5.52. The maximum atomic E-state index is 13.6. The lowest BCUT2D eigenvalue weighted by Gasteiger charge is -2.23. The Kier molecular flexibility index (Phi) is 4.87. The molecule has 1 aliphatic rings. The molecule has 0 aliphatic heterocycles. The van der Waals surface area contributed by atoms with Crippen LogP contribution in [0.5, 0.6) is 0 Å². The van der Waals surface area contributed by atoms with Crippen molar-refractivity contribution < 1.29 is 9.18 Å². The van der Waals surface area contributed by atoms with Crippen molar-refractivity contribution in [1.82, 2.24) is 15.1 Å². The summed E-state index contributed by atoms with van der Waals surface area (Å²) in [4.78, 5) is 12.8. The Hall–Kier alpha value is -2.99. The van der Waals surface area contributed by atoms with Gasteiger partial charge >= 0.3 is 0 Å². The van der Waals surface area contributed by atoms with Crippen LogP contribution in [-0.4, -0.2) is 15.7 Å². The number of hydrogen-bond acceptors (Lipinski definition) is 3. The third-order valence-electron chi connectivity index (χ3n) is 5.63. The van der Waals surface area contributed by atoms with Gasteiger partial charge in [0.2, 0.25) is 5.91 Å². The second kappa shape index (κ2) is 7.69. The number of amides is 1. The summed E-state index contributed by atoms with van der Waals surface area (Å²) >= 11 is 1.73. The molecule has 1 N–H and O–H groups in total. The highest BCUT2D eigenvalue weighted by Crippen LogP contribution is 2.36. The third-order valence-corrected chi connectivity index (χ3v) is 6.80. The molecular weight excluding hydrogens is 397 g/mol. The number of nitrogens with zero attached hydrogens (tertiary/aromatic N) is 2. The molecule has 4 aromatic rings. The summed E-state index contributed by atoms with van der Waals surface area (Å²) in [6, 6.07) is 15.3. The maximum Gasteiger partial charge on any atom is 0.217 e. The Bertz CT molecular complexity index is 1240. The molecule has 0 spiro atoms. The topological polar surface area (TPSA) is 46.9 Å². The van der Waals surface area contributed by atoms with Gasteiger partial charge < -0.3 is 5.32 Å². The van der Waals surface area contributed by atoms with Gasteiger partial charge in [-0.15, -0.1) is 11.3 Å². The molecule has 1 aliphatic carbocycles. The molecule has 1 amide bonds. The molecule has 6 heteroatoms. The molecule has 0 saturated heterocycles. The van der Waals surface area contributed by atoms with Crippen molar-refractivity contribution in [3.05, 3.63) is 82.2 Å². The highest BCUT2D eigenvalue weighted by Gasteiger charge is 2.26. The number of carbonyl (C=O) groups is 1. The molecule has 30 heavy (non-hydrogen) atoms. The van der Waals surface area contributed by atoms with E-state index in [1.165, 1.54) is 26.7 Å². The van der Waals surface area contributed by atoms with Crippen LogP contribution in [0.1, 0.15) is 47.5 Å². The SMILES string of the molecule is CC(=O)NC1CCCc2c1cnn2-c1cccc2cc(Cc3cccc(F)c3)sc12. The molecule has 0 bridgehead atoms. The number of hydrogen-bond donors (Lipinski definition) is 1. The van der Waals surface area contributed by atoms with Gasteiger partial charge in [0, 0.05) is 29.5 Å². The van der Waals surface area contributed by atoms with Crippen LogP contribution < -0.4 is 5.32 Å². The number of carbonyl (C=O) groups excluding carboxylic acids is 1. The van der Waals surface area contributed by atoms with E-state index in [4.69, 9.17) is 5.10 Å². The fourth-order valence-electron chi connectivity index (χ4n) is 4.36. The Balaban J connectivity index is 1.53. The quantitative estimate of drug-likeness (QED) is 0.486. The van der Waals surface area contributed by atoms with Crippen LogP contribution in [-0.2, 0) is 17.6 Å². The van der Waals surface area contributed by atoms with E-state index in [2.05, 4.69) is 29.6 Å². The lowest BCUT2D eigenvalue weighted by molar-refractivity contribution is -0.119. The number of benzene rings is 2. The first-order valence-electron chi connectivity index (χ1n) is 10.2. The number of halogens is 1. The lowest BCUT2D eigenvalue weighted by atomic mass is 9.93. The molecule has 0 saturated carbocycles. The zero-order valence-corrected chi connectivity index (χ0v) is 17.5. The van der Waals surface area contributed by atoms with Crippen LogP contribution in [0.4, 0.5) is 4.39 Å². The van der Waals surface area contributed by atoms with Gasteiger partial charge in [-0.3, -0.25) is 4.79 Å². The number of aromatic nitrogens is 2. The summed E-state index contributed by atoms with van der Waals surface area (Å²) in [5, 5.41) is 8.93. The highest BCUT2D eigenvalue weighted by molar-refractivity contribution is 7.19. The van der Waals surface area contributed by atoms with Gasteiger partial charge in [0.05, 0.1) is 22.6 Å². The first-order chi connectivity index (χ1) is 14.6. The van der Waals surface area contributed by atoms with E-state index in [1.54, 1.807) is 30.4 Å². The predicted molar refractivity (Wildman–Crippen MR) is 118 cm³/mol. The maximum absolute atomic E-state index is 13.6. The van der Waals surface area contributed by atoms with Crippen LogP contribution in [0.15, 0.2) is 54.7 Å². The van der Waals surface area contributed by atoms with E-state index in [-0.39, 0.29) is 17.8 Å². The van der Waals surface area contributed by atoms with Gasteiger partial charge in [0.15, 0.2) is 0 Å². The molecule has 2 heterocycles. The van der Waals surface area contributed by atoms with Crippen LogP contribution in [0, 0.1) is 5.82 Å². The van der Waals surface area contributed by atoms with E-state index < -0.39 is 0 Å². The molecule has 1 atom stereocenters. The zero-order valence-electron chi connectivity index (χ0n) is 16.7. The van der Waals surface area contributed by atoms with Crippen LogP contribution in [0.2, 0.25) is 0 Å². The Morgan fingerprint density at radius 2 is 2.13 bits per heavy atom. The summed E-state index contributed by atoms with van der Waals surface area (Å²) < 4.78 is 16.8. The van der Waals surface area contributed by atoms with Gasteiger partial charge in [0.25, 0.3) is 0 Å². The fraction of sp³-hybridized carbons (Fsp3) is 0.250. The van der Waals surface area contributed by atoms with Crippen LogP contribution in [0.25, 0.3) is 15.8 Å². The van der Waals surface area contributed by atoms with Crippen molar-refractivity contribution in [3.8, 4) is 5.69 Å². The van der Waals surface area contributed by atoms with Crippen molar-refractivity contribution in [3.63, 3.8) is 0 Å². The van der Waals surface area contributed by atoms with Crippen molar-refractivity contribution in [2.45, 2.75) is 38.6 Å². The van der Waals surface area contributed by atoms with Gasteiger partial charge in [-0.25, -0.2) is 9.07 Å². The van der Waals surface area contributed by atoms with E-state index in [0.29, 0.717) is 6.42 Å². The smallest absolute Gasteiger partial charge is 0.217 e. The second-order valence-electron chi connectivity index (χ2n) is 7.82. The van der Waals surface area contributed by atoms with Crippen molar-refractivity contribution in [1.29, 1.82) is 0 Å². The first kappa shape index (κ1) is 19.0. The summed E-state index contributed by atoms with van der Waals surface area (Å²) in [5.74, 6) is -0.214.